The highest BCUT2D eigenvalue weighted by molar-refractivity contribution is 5.44. The molecule has 6 heteroatoms. The Morgan fingerprint density at radius 2 is 2.11 bits per heavy atom. The lowest BCUT2D eigenvalue weighted by Crippen LogP contribution is -2.47. The average molecular weight is 386 g/mol. The van der Waals surface area contributed by atoms with Crippen molar-refractivity contribution >= 4 is 0 Å². The molecule has 0 bridgehead atoms. The molecular formula is C22H31N3O3. The number of hydrogen-bond acceptors (Lipinski definition) is 5. The van der Waals surface area contributed by atoms with Gasteiger partial charge in [-0.25, -0.2) is 0 Å². The van der Waals surface area contributed by atoms with Crippen LogP contribution in [0.25, 0.3) is 0 Å². The zero-order valence-electron chi connectivity index (χ0n) is 16.8. The van der Waals surface area contributed by atoms with Gasteiger partial charge in [-0.3, -0.25) is 9.58 Å². The minimum absolute atomic E-state index is 0.294. The van der Waals surface area contributed by atoms with Gasteiger partial charge in [0.05, 0.1) is 12.6 Å². The van der Waals surface area contributed by atoms with Gasteiger partial charge in [0, 0.05) is 31.5 Å². The Kier molecular flexibility index (Phi) is 5.87. The summed E-state index contributed by atoms with van der Waals surface area (Å²) in [5, 5.41) is 15.0. The molecule has 0 saturated heterocycles. The first-order valence-electron chi connectivity index (χ1n) is 10.4. The van der Waals surface area contributed by atoms with Crippen molar-refractivity contribution in [3.63, 3.8) is 0 Å². The number of ether oxygens (including phenoxy) is 2. The molecule has 2 heterocycles. The number of rotatable bonds is 7. The van der Waals surface area contributed by atoms with Crippen LogP contribution in [0.1, 0.15) is 38.7 Å². The number of hydrogen-bond donors (Lipinski definition) is 1. The smallest absolute Gasteiger partial charge is 0.231 e. The van der Waals surface area contributed by atoms with E-state index in [0.717, 1.165) is 18.0 Å². The molecule has 1 N–H and O–H groups in total. The number of benzene rings is 1. The minimum atomic E-state index is -0.460. The summed E-state index contributed by atoms with van der Waals surface area (Å²) in [6.07, 6.45) is 6.93. The van der Waals surface area contributed by atoms with Gasteiger partial charge in [-0.15, -0.1) is 0 Å². The van der Waals surface area contributed by atoms with Crippen molar-refractivity contribution in [2.24, 2.45) is 11.8 Å². The van der Waals surface area contributed by atoms with E-state index < -0.39 is 6.10 Å². The molecule has 0 amide bonds. The molecule has 1 aliphatic heterocycles. The Hall–Kier alpha value is -2.05. The van der Waals surface area contributed by atoms with E-state index in [1.54, 1.807) is 10.9 Å². The number of fused-ring (bicyclic) bond motifs is 1. The van der Waals surface area contributed by atoms with Crippen molar-refractivity contribution < 1.29 is 14.6 Å². The monoisotopic (exact) mass is 385 g/mol. The topological polar surface area (TPSA) is 59.8 Å². The lowest BCUT2D eigenvalue weighted by Gasteiger charge is -2.42. The highest BCUT2D eigenvalue weighted by Gasteiger charge is 2.32. The Balaban J connectivity index is 1.50. The van der Waals surface area contributed by atoms with Gasteiger partial charge in [-0.2, -0.15) is 5.10 Å². The van der Waals surface area contributed by atoms with E-state index >= 15 is 0 Å². The van der Waals surface area contributed by atoms with Gasteiger partial charge in [-0.1, -0.05) is 32.8 Å². The van der Waals surface area contributed by atoms with Crippen molar-refractivity contribution in [2.75, 3.05) is 13.3 Å². The van der Waals surface area contributed by atoms with Crippen LogP contribution < -0.4 is 9.47 Å². The Bertz CT molecular complexity index is 764. The van der Waals surface area contributed by atoms with Crippen LogP contribution in [0.3, 0.4) is 0 Å². The van der Waals surface area contributed by atoms with E-state index in [9.17, 15) is 5.11 Å². The molecule has 6 nitrogen and oxygen atoms in total. The van der Waals surface area contributed by atoms with Gasteiger partial charge in [0.1, 0.15) is 0 Å². The summed E-state index contributed by atoms with van der Waals surface area (Å²) in [6, 6.07) is 8.54. The number of aliphatic hydroxyl groups is 1. The normalized spacial score (nSPS) is 25.2. The lowest BCUT2D eigenvalue weighted by atomic mass is 9.77. The largest absolute Gasteiger partial charge is 0.454 e. The summed E-state index contributed by atoms with van der Waals surface area (Å²) in [5.41, 5.74) is 1.20. The van der Waals surface area contributed by atoms with Crippen molar-refractivity contribution in [2.45, 2.75) is 58.3 Å². The molecule has 0 radical (unpaired) electrons. The van der Waals surface area contributed by atoms with Crippen LogP contribution in [0.2, 0.25) is 0 Å². The molecule has 4 rings (SSSR count). The minimum Gasteiger partial charge on any atom is -0.454 e. The maximum absolute atomic E-state index is 10.8. The van der Waals surface area contributed by atoms with Crippen LogP contribution in [-0.2, 0) is 13.1 Å². The highest BCUT2D eigenvalue weighted by atomic mass is 16.7. The summed E-state index contributed by atoms with van der Waals surface area (Å²) in [4.78, 5) is 2.46. The van der Waals surface area contributed by atoms with E-state index in [2.05, 4.69) is 36.0 Å². The molecule has 4 unspecified atom stereocenters. The van der Waals surface area contributed by atoms with Crippen LogP contribution >= 0.6 is 0 Å². The fraction of sp³-hybridized carbons (Fsp3) is 0.591. The van der Waals surface area contributed by atoms with E-state index in [1.165, 1.54) is 24.8 Å². The summed E-state index contributed by atoms with van der Waals surface area (Å²) < 4.78 is 12.8. The second-order valence-electron chi connectivity index (χ2n) is 8.33. The molecule has 2 aliphatic rings. The highest BCUT2D eigenvalue weighted by Crippen LogP contribution is 2.36. The van der Waals surface area contributed by atoms with Gasteiger partial charge < -0.3 is 14.6 Å². The van der Waals surface area contributed by atoms with Crippen LogP contribution in [0.5, 0.6) is 11.5 Å². The van der Waals surface area contributed by atoms with Crippen molar-refractivity contribution in [1.29, 1.82) is 0 Å². The van der Waals surface area contributed by atoms with Gasteiger partial charge in [0.2, 0.25) is 6.79 Å². The summed E-state index contributed by atoms with van der Waals surface area (Å²) in [7, 11) is 0. The van der Waals surface area contributed by atoms with Crippen LogP contribution in [0.15, 0.2) is 36.7 Å². The third-order valence-corrected chi connectivity index (χ3v) is 6.36. The fourth-order valence-corrected chi connectivity index (χ4v) is 4.61. The van der Waals surface area contributed by atoms with Gasteiger partial charge in [-0.05, 0) is 42.0 Å². The zero-order chi connectivity index (χ0) is 19.5. The molecular weight excluding hydrogens is 354 g/mol. The molecule has 4 atom stereocenters. The number of nitrogens with zero attached hydrogens (tertiary/aromatic N) is 3. The zero-order valence-corrected chi connectivity index (χ0v) is 16.8. The van der Waals surface area contributed by atoms with Crippen LogP contribution in [-0.4, -0.2) is 45.3 Å². The Labute approximate surface area is 167 Å². The van der Waals surface area contributed by atoms with Crippen molar-refractivity contribution in [3.05, 3.63) is 42.2 Å². The standard InChI is InChI=1S/C22H31N3O3/c1-16-5-3-6-20(17(16)2)24(13-19(26)14-25-10-4-9-23-25)12-18-7-8-21-22(11-18)28-15-27-21/h4,7-11,16-17,19-20,26H,3,5-6,12-15H2,1-2H3. The number of aromatic nitrogens is 2. The first kappa shape index (κ1) is 19.3. The third-order valence-electron chi connectivity index (χ3n) is 6.36. The maximum atomic E-state index is 10.8. The van der Waals surface area contributed by atoms with E-state index in [4.69, 9.17) is 9.47 Å². The maximum Gasteiger partial charge on any atom is 0.231 e. The molecule has 152 valence electrons. The fourth-order valence-electron chi connectivity index (χ4n) is 4.61. The molecule has 1 aromatic carbocycles. The number of aliphatic hydroxyl groups excluding tert-OH is 1. The summed E-state index contributed by atoms with van der Waals surface area (Å²) >= 11 is 0. The molecule has 28 heavy (non-hydrogen) atoms. The van der Waals surface area contributed by atoms with Crippen molar-refractivity contribution in [1.82, 2.24) is 14.7 Å². The predicted octanol–water partition coefficient (Wildman–Crippen LogP) is 3.30. The average Bonchev–Trinajstić information content (AvgIpc) is 3.34. The predicted molar refractivity (Wildman–Crippen MR) is 107 cm³/mol. The molecule has 2 aromatic rings. The molecule has 1 fully saturated rings. The summed E-state index contributed by atoms with van der Waals surface area (Å²) in [6.45, 7) is 6.96. The molecule has 1 aliphatic carbocycles. The third kappa shape index (κ3) is 4.33. The van der Waals surface area contributed by atoms with Gasteiger partial charge >= 0.3 is 0 Å². The van der Waals surface area contributed by atoms with Gasteiger partial charge in [0.25, 0.3) is 0 Å². The molecule has 1 saturated carbocycles. The Morgan fingerprint density at radius 3 is 2.93 bits per heavy atom. The van der Waals surface area contributed by atoms with E-state index in [1.807, 2.05) is 18.3 Å². The van der Waals surface area contributed by atoms with E-state index in [-0.39, 0.29) is 0 Å². The Morgan fingerprint density at radius 1 is 1.25 bits per heavy atom. The van der Waals surface area contributed by atoms with Crippen LogP contribution in [0, 0.1) is 11.8 Å². The first-order valence-corrected chi connectivity index (χ1v) is 10.4. The first-order chi connectivity index (χ1) is 13.6. The van der Waals surface area contributed by atoms with Crippen molar-refractivity contribution in [3.8, 4) is 11.5 Å². The summed E-state index contributed by atoms with van der Waals surface area (Å²) in [5.74, 6) is 2.95. The molecule has 1 aromatic heterocycles. The lowest BCUT2D eigenvalue weighted by molar-refractivity contribution is 0.0249. The molecule has 0 spiro atoms. The van der Waals surface area contributed by atoms with E-state index in [0.29, 0.717) is 37.8 Å². The SMILES string of the molecule is CC1CCCC(N(Cc2ccc3c(c2)OCO3)CC(O)Cn2cccn2)C1C. The second-order valence-corrected chi connectivity index (χ2v) is 8.33. The van der Waals surface area contributed by atoms with Gasteiger partial charge in [0.15, 0.2) is 11.5 Å². The quantitative estimate of drug-likeness (QED) is 0.792. The van der Waals surface area contributed by atoms with Crippen LogP contribution in [0.4, 0.5) is 0 Å². The second kappa shape index (κ2) is 8.53.